The van der Waals surface area contributed by atoms with Crippen LogP contribution >= 0.6 is 0 Å². The number of hydrogen-bond donors (Lipinski definition) is 1. The van der Waals surface area contributed by atoms with Gasteiger partial charge in [0.1, 0.15) is 0 Å². The minimum atomic E-state index is 0.802. The quantitative estimate of drug-likeness (QED) is 0.458. The lowest BCUT2D eigenvalue weighted by Gasteiger charge is -2.24. The summed E-state index contributed by atoms with van der Waals surface area (Å²) in [5, 5.41) is 7.35. The van der Waals surface area contributed by atoms with Crippen molar-refractivity contribution in [2.45, 2.75) is 60.3 Å². The molecule has 0 rings (SSSR count). The van der Waals surface area contributed by atoms with Gasteiger partial charge in [-0.15, -0.1) is 0 Å². The standard InChI is InChI=1S/C13H27N/c1-10(2)13(11(3)4)9-7-6-8-12(5)14/h10-11,13-14H,6-9H2,1-5H3. The van der Waals surface area contributed by atoms with Gasteiger partial charge >= 0.3 is 0 Å². The van der Waals surface area contributed by atoms with Crippen molar-refractivity contribution in [3.05, 3.63) is 0 Å². The summed E-state index contributed by atoms with van der Waals surface area (Å²) >= 11 is 0. The molecular weight excluding hydrogens is 170 g/mol. The Bertz CT molecular complexity index is 151. The van der Waals surface area contributed by atoms with Gasteiger partial charge in [0.05, 0.1) is 0 Å². The molecule has 0 bridgehead atoms. The number of unbranched alkanes of at least 4 members (excludes halogenated alkanes) is 1. The van der Waals surface area contributed by atoms with Crippen molar-refractivity contribution in [3.8, 4) is 0 Å². The molecule has 0 aliphatic rings. The molecule has 0 atom stereocenters. The summed E-state index contributed by atoms with van der Waals surface area (Å²) in [6, 6.07) is 0. The zero-order valence-electron chi connectivity index (χ0n) is 10.6. The van der Waals surface area contributed by atoms with Crippen molar-refractivity contribution >= 4 is 5.71 Å². The Morgan fingerprint density at radius 2 is 1.50 bits per heavy atom. The van der Waals surface area contributed by atoms with E-state index in [1.54, 1.807) is 0 Å². The Balaban J connectivity index is 3.67. The van der Waals surface area contributed by atoms with E-state index in [9.17, 15) is 0 Å². The maximum Gasteiger partial charge on any atom is 0.00582 e. The van der Waals surface area contributed by atoms with Crippen molar-refractivity contribution in [3.63, 3.8) is 0 Å². The number of nitrogens with one attached hydrogen (secondary N) is 1. The first kappa shape index (κ1) is 13.7. The van der Waals surface area contributed by atoms with Gasteiger partial charge in [0.15, 0.2) is 0 Å². The zero-order valence-corrected chi connectivity index (χ0v) is 10.6. The van der Waals surface area contributed by atoms with Gasteiger partial charge in [-0.2, -0.15) is 0 Å². The average Bonchev–Trinajstić information content (AvgIpc) is 2.01. The van der Waals surface area contributed by atoms with Gasteiger partial charge in [-0.25, -0.2) is 0 Å². The van der Waals surface area contributed by atoms with Crippen molar-refractivity contribution in [2.75, 3.05) is 0 Å². The normalized spacial score (nSPS) is 11.7. The van der Waals surface area contributed by atoms with E-state index in [0.717, 1.165) is 29.9 Å². The molecule has 1 nitrogen and oxygen atoms in total. The van der Waals surface area contributed by atoms with Gasteiger partial charge in [-0.3, -0.25) is 0 Å². The molecule has 84 valence electrons. The van der Waals surface area contributed by atoms with Crippen molar-refractivity contribution in [1.82, 2.24) is 0 Å². The predicted molar refractivity (Wildman–Crippen MR) is 65.0 cm³/mol. The third kappa shape index (κ3) is 6.17. The Hall–Kier alpha value is -0.330. The Kier molecular flexibility index (Phi) is 6.86. The van der Waals surface area contributed by atoms with Crippen LogP contribution in [0.2, 0.25) is 0 Å². The SMILES string of the molecule is CC(=N)CCCCC(C(C)C)C(C)C. The van der Waals surface area contributed by atoms with Gasteiger partial charge in [0.2, 0.25) is 0 Å². The lowest BCUT2D eigenvalue weighted by Crippen LogP contribution is -2.15. The minimum Gasteiger partial charge on any atom is -0.310 e. The Labute approximate surface area is 89.8 Å². The molecule has 0 spiro atoms. The van der Waals surface area contributed by atoms with Crippen molar-refractivity contribution in [2.24, 2.45) is 17.8 Å². The van der Waals surface area contributed by atoms with Gasteiger partial charge in [0.25, 0.3) is 0 Å². The van der Waals surface area contributed by atoms with E-state index in [1.165, 1.54) is 19.3 Å². The highest BCUT2D eigenvalue weighted by Crippen LogP contribution is 2.26. The molecule has 0 saturated heterocycles. The molecule has 0 unspecified atom stereocenters. The first-order valence-corrected chi connectivity index (χ1v) is 5.99. The Morgan fingerprint density at radius 3 is 1.86 bits per heavy atom. The van der Waals surface area contributed by atoms with Crippen LogP contribution in [0.15, 0.2) is 0 Å². The van der Waals surface area contributed by atoms with E-state index in [2.05, 4.69) is 27.7 Å². The summed E-state index contributed by atoms with van der Waals surface area (Å²) < 4.78 is 0. The monoisotopic (exact) mass is 197 g/mol. The van der Waals surface area contributed by atoms with E-state index < -0.39 is 0 Å². The summed E-state index contributed by atoms with van der Waals surface area (Å²) in [6.07, 6.45) is 4.81. The highest BCUT2D eigenvalue weighted by Gasteiger charge is 2.16. The van der Waals surface area contributed by atoms with Crippen LogP contribution in [0.25, 0.3) is 0 Å². The van der Waals surface area contributed by atoms with E-state index >= 15 is 0 Å². The molecule has 0 saturated carbocycles. The second kappa shape index (κ2) is 7.03. The van der Waals surface area contributed by atoms with Crippen LogP contribution in [-0.2, 0) is 0 Å². The van der Waals surface area contributed by atoms with Crippen LogP contribution in [0, 0.1) is 23.2 Å². The fraction of sp³-hybridized carbons (Fsp3) is 0.923. The highest BCUT2D eigenvalue weighted by atomic mass is 14.4. The first-order valence-electron chi connectivity index (χ1n) is 5.99. The van der Waals surface area contributed by atoms with Crippen molar-refractivity contribution in [1.29, 1.82) is 5.41 Å². The molecule has 0 aliphatic carbocycles. The van der Waals surface area contributed by atoms with Crippen LogP contribution in [0.5, 0.6) is 0 Å². The van der Waals surface area contributed by atoms with E-state index in [4.69, 9.17) is 5.41 Å². The molecule has 0 heterocycles. The van der Waals surface area contributed by atoms with E-state index in [1.807, 2.05) is 6.92 Å². The molecule has 0 amide bonds. The second-order valence-corrected chi connectivity index (χ2v) is 5.18. The second-order valence-electron chi connectivity index (χ2n) is 5.18. The predicted octanol–water partition coefficient (Wildman–Crippen LogP) is 4.51. The molecule has 0 aromatic rings. The lowest BCUT2D eigenvalue weighted by atomic mass is 9.82. The summed E-state index contributed by atoms with van der Waals surface area (Å²) in [7, 11) is 0. The smallest absolute Gasteiger partial charge is 0.00582 e. The van der Waals surface area contributed by atoms with Crippen LogP contribution < -0.4 is 0 Å². The maximum atomic E-state index is 7.35. The molecule has 1 heteroatoms. The van der Waals surface area contributed by atoms with Crippen LogP contribution in [0.4, 0.5) is 0 Å². The summed E-state index contributed by atoms with van der Waals surface area (Å²) in [5.41, 5.74) is 0.829. The van der Waals surface area contributed by atoms with E-state index in [0.29, 0.717) is 0 Å². The molecule has 0 aromatic carbocycles. The number of rotatable bonds is 7. The third-order valence-electron chi connectivity index (χ3n) is 3.05. The van der Waals surface area contributed by atoms with Gasteiger partial charge < -0.3 is 5.41 Å². The van der Waals surface area contributed by atoms with Crippen molar-refractivity contribution < 1.29 is 0 Å². The minimum absolute atomic E-state index is 0.802. The first-order chi connectivity index (χ1) is 6.45. The van der Waals surface area contributed by atoms with Crippen LogP contribution in [0.1, 0.15) is 60.3 Å². The third-order valence-corrected chi connectivity index (χ3v) is 3.05. The maximum absolute atomic E-state index is 7.35. The van der Waals surface area contributed by atoms with Crippen LogP contribution in [0.3, 0.4) is 0 Å². The largest absolute Gasteiger partial charge is 0.310 e. The molecule has 14 heavy (non-hydrogen) atoms. The van der Waals surface area contributed by atoms with Gasteiger partial charge in [0, 0.05) is 5.71 Å². The molecule has 0 aliphatic heterocycles. The topological polar surface area (TPSA) is 23.9 Å². The Morgan fingerprint density at radius 1 is 1.00 bits per heavy atom. The fourth-order valence-corrected chi connectivity index (χ4v) is 2.21. The summed E-state index contributed by atoms with van der Waals surface area (Å²) in [5.74, 6) is 2.47. The van der Waals surface area contributed by atoms with Crippen LogP contribution in [-0.4, -0.2) is 5.71 Å². The van der Waals surface area contributed by atoms with E-state index in [-0.39, 0.29) is 0 Å². The number of hydrogen-bond acceptors (Lipinski definition) is 1. The fourth-order valence-electron chi connectivity index (χ4n) is 2.21. The summed E-state index contributed by atoms with van der Waals surface area (Å²) in [4.78, 5) is 0. The zero-order chi connectivity index (χ0) is 11.1. The molecule has 1 N–H and O–H groups in total. The van der Waals surface area contributed by atoms with Gasteiger partial charge in [-0.1, -0.05) is 34.1 Å². The molecule has 0 radical (unpaired) electrons. The molecule has 0 fully saturated rings. The summed E-state index contributed by atoms with van der Waals surface area (Å²) in [6.45, 7) is 11.2. The highest BCUT2D eigenvalue weighted by molar-refractivity contribution is 5.78. The van der Waals surface area contributed by atoms with Gasteiger partial charge in [-0.05, 0) is 43.9 Å². The molecular formula is C13H27N. The average molecular weight is 197 g/mol. The lowest BCUT2D eigenvalue weighted by molar-refractivity contribution is 0.262. The molecule has 0 aromatic heterocycles.